The third-order valence-corrected chi connectivity index (χ3v) is 3.13. The highest BCUT2D eigenvalue weighted by Crippen LogP contribution is 2.28. The summed E-state index contributed by atoms with van der Waals surface area (Å²) >= 11 is 0. The Bertz CT molecular complexity index is 707. The van der Waals surface area contributed by atoms with Crippen LogP contribution in [0.2, 0.25) is 0 Å². The molecule has 0 aliphatic rings. The molecule has 0 N–H and O–H groups in total. The fraction of sp³-hybridized carbons (Fsp3) is 0.0625. The van der Waals surface area contributed by atoms with E-state index in [1.165, 1.54) is 12.1 Å². The highest BCUT2D eigenvalue weighted by molar-refractivity contribution is 5.65. The van der Waals surface area contributed by atoms with E-state index < -0.39 is 11.6 Å². The van der Waals surface area contributed by atoms with Crippen molar-refractivity contribution in [3.63, 3.8) is 0 Å². The van der Waals surface area contributed by atoms with Crippen molar-refractivity contribution in [2.75, 3.05) is 0 Å². The summed E-state index contributed by atoms with van der Waals surface area (Å²) in [5, 5.41) is 4.03. The Morgan fingerprint density at radius 1 is 0.950 bits per heavy atom. The molecule has 0 aliphatic carbocycles. The number of hydrogen-bond acceptors (Lipinski definition) is 1. The summed E-state index contributed by atoms with van der Waals surface area (Å²) in [6.45, 7) is 0.277. The second-order valence-electron chi connectivity index (χ2n) is 4.47. The lowest BCUT2D eigenvalue weighted by Crippen LogP contribution is -2.04. The van der Waals surface area contributed by atoms with Gasteiger partial charge in [-0.05, 0) is 17.7 Å². The first-order valence-corrected chi connectivity index (χ1v) is 6.25. The van der Waals surface area contributed by atoms with Crippen LogP contribution in [0.4, 0.5) is 8.78 Å². The van der Waals surface area contributed by atoms with E-state index in [1.807, 2.05) is 6.07 Å². The number of rotatable bonds is 3. The molecule has 0 amide bonds. The van der Waals surface area contributed by atoms with Crippen LogP contribution in [-0.2, 0) is 6.54 Å². The maximum atomic E-state index is 14.5. The summed E-state index contributed by atoms with van der Waals surface area (Å²) < 4.78 is 30.1. The predicted octanol–water partition coefficient (Wildman–Crippen LogP) is 3.88. The van der Waals surface area contributed by atoms with E-state index in [0.29, 0.717) is 11.1 Å². The molecule has 0 spiro atoms. The molecule has 0 saturated heterocycles. The number of nitrogens with zero attached hydrogens (tertiary/aromatic N) is 2. The number of benzene rings is 2. The van der Waals surface area contributed by atoms with E-state index in [1.54, 1.807) is 47.4 Å². The standard InChI is InChI=1S/C16H12F2N2/c17-14-8-7-13(11-20-10-4-9-19-20)16(18)15(14)12-5-2-1-3-6-12/h1-10H,11H2. The Hall–Kier alpha value is -2.49. The van der Waals surface area contributed by atoms with Crippen LogP contribution in [0.15, 0.2) is 60.9 Å². The van der Waals surface area contributed by atoms with Gasteiger partial charge < -0.3 is 0 Å². The van der Waals surface area contributed by atoms with E-state index in [2.05, 4.69) is 5.10 Å². The highest BCUT2D eigenvalue weighted by atomic mass is 19.1. The first kappa shape index (κ1) is 12.5. The number of halogens is 2. The van der Waals surface area contributed by atoms with Gasteiger partial charge in [0, 0.05) is 18.0 Å². The fourth-order valence-corrected chi connectivity index (χ4v) is 2.16. The van der Waals surface area contributed by atoms with Crippen molar-refractivity contribution in [2.24, 2.45) is 0 Å². The predicted molar refractivity (Wildman–Crippen MR) is 73.1 cm³/mol. The second kappa shape index (κ2) is 5.25. The number of hydrogen-bond donors (Lipinski definition) is 0. The number of aromatic nitrogens is 2. The highest BCUT2D eigenvalue weighted by Gasteiger charge is 2.15. The molecule has 0 atom stereocenters. The summed E-state index contributed by atoms with van der Waals surface area (Å²) in [6.07, 6.45) is 3.37. The van der Waals surface area contributed by atoms with Crippen LogP contribution in [0.5, 0.6) is 0 Å². The van der Waals surface area contributed by atoms with Gasteiger partial charge in [-0.1, -0.05) is 36.4 Å². The average Bonchev–Trinajstić information content (AvgIpc) is 2.96. The molecule has 100 valence electrons. The third kappa shape index (κ3) is 2.32. The van der Waals surface area contributed by atoms with E-state index in [-0.39, 0.29) is 12.1 Å². The maximum absolute atomic E-state index is 14.5. The van der Waals surface area contributed by atoms with Crippen LogP contribution in [-0.4, -0.2) is 9.78 Å². The Labute approximate surface area is 115 Å². The van der Waals surface area contributed by atoms with Crippen molar-refractivity contribution in [2.45, 2.75) is 6.54 Å². The van der Waals surface area contributed by atoms with Crippen molar-refractivity contribution in [3.8, 4) is 11.1 Å². The molecule has 0 aliphatic heterocycles. The summed E-state index contributed by atoms with van der Waals surface area (Å²) in [4.78, 5) is 0. The quantitative estimate of drug-likeness (QED) is 0.706. The zero-order chi connectivity index (χ0) is 13.9. The molecule has 1 heterocycles. The molecule has 3 rings (SSSR count). The lowest BCUT2D eigenvalue weighted by atomic mass is 10.0. The van der Waals surface area contributed by atoms with Gasteiger partial charge in [0.05, 0.1) is 12.1 Å². The summed E-state index contributed by atoms with van der Waals surface area (Å²) in [5.74, 6) is -1.09. The molecule has 1 aromatic heterocycles. The molecular weight excluding hydrogens is 258 g/mol. The van der Waals surface area contributed by atoms with Crippen LogP contribution >= 0.6 is 0 Å². The first-order valence-electron chi connectivity index (χ1n) is 6.25. The lowest BCUT2D eigenvalue weighted by Gasteiger charge is -2.10. The maximum Gasteiger partial charge on any atom is 0.139 e. The zero-order valence-electron chi connectivity index (χ0n) is 10.6. The van der Waals surface area contributed by atoms with Gasteiger partial charge in [0.1, 0.15) is 11.6 Å². The Morgan fingerprint density at radius 2 is 1.75 bits per heavy atom. The van der Waals surface area contributed by atoms with Gasteiger partial charge in [-0.25, -0.2) is 8.78 Å². The summed E-state index contributed by atoms with van der Waals surface area (Å²) in [7, 11) is 0. The molecule has 4 heteroatoms. The monoisotopic (exact) mass is 270 g/mol. The Balaban J connectivity index is 2.06. The van der Waals surface area contributed by atoms with Crippen molar-refractivity contribution in [1.29, 1.82) is 0 Å². The zero-order valence-corrected chi connectivity index (χ0v) is 10.6. The topological polar surface area (TPSA) is 17.8 Å². The minimum Gasteiger partial charge on any atom is -0.268 e. The average molecular weight is 270 g/mol. The Morgan fingerprint density at radius 3 is 2.45 bits per heavy atom. The van der Waals surface area contributed by atoms with Gasteiger partial charge in [-0.3, -0.25) is 4.68 Å². The first-order chi connectivity index (χ1) is 9.75. The van der Waals surface area contributed by atoms with Gasteiger partial charge in [-0.15, -0.1) is 0 Å². The van der Waals surface area contributed by atoms with E-state index in [4.69, 9.17) is 0 Å². The van der Waals surface area contributed by atoms with Gasteiger partial charge in [-0.2, -0.15) is 5.10 Å². The van der Waals surface area contributed by atoms with Gasteiger partial charge >= 0.3 is 0 Å². The van der Waals surface area contributed by atoms with Gasteiger partial charge in [0.25, 0.3) is 0 Å². The van der Waals surface area contributed by atoms with Crippen molar-refractivity contribution in [1.82, 2.24) is 9.78 Å². The molecular formula is C16H12F2N2. The van der Waals surface area contributed by atoms with Crippen LogP contribution in [0.25, 0.3) is 11.1 Å². The molecule has 0 fully saturated rings. The minimum absolute atomic E-state index is 0.00950. The minimum atomic E-state index is -0.557. The molecule has 0 saturated carbocycles. The molecule has 20 heavy (non-hydrogen) atoms. The normalized spacial score (nSPS) is 10.7. The van der Waals surface area contributed by atoms with Crippen molar-refractivity contribution < 1.29 is 8.78 Å². The van der Waals surface area contributed by atoms with Crippen molar-refractivity contribution in [3.05, 3.63) is 78.1 Å². The van der Waals surface area contributed by atoms with E-state index >= 15 is 0 Å². The van der Waals surface area contributed by atoms with Gasteiger partial charge in [0.15, 0.2) is 0 Å². The second-order valence-corrected chi connectivity index (χ2v) is 4.47. The molecule has 0 bridgehead atoms. The molecule has 0 radical (unpaired) electrons. The molecule has 3 aromatic rings. The summed E-state index contributed by atoms with van der Waals surface area (Å²) in [6, 6.07) is 13.2. The molecule has 0 unspecified atom stereocenters. The fourth-order valence-electron chi connectivity index (χ4n) is 2.16. The largest absolute Gasteiger partial charge is 0.268 e. The smallest absolute Gasteiger partial charge is 0.139 e. The molecule has 2 aromatic carbocycles. The summed E-state index contributed by atoms with van der Waals surface area (Å²) in [5.41, 5.74) is 0.953. The van der Waals surface area contributed by atoms with Crippen LogP contribution in [0, 0.1) is 11.6 Å². The van der Waals surface area contributed by atoms with Crippen molar-refractivity contribution >= 4 is 0 Å². The van der Waals surface area contributed by atoms with Gasteiger partial charge in [0.2, 0.25) is 0 Å². The Kier molecular flexibility index (Phi) is 3.29. The van der Waals surface area contributed by atoms with E-state index in [9.17, 15) is 8.78 Å². The SMILES string of the molecule is Fc1ccc(Cn2cccn2)c(F)c1-c1ccccc1. The van der Waals surface area contributed by atoms with Crippen LogP contribution in [0.3, 0.4) is 0 Å². The molecule has 2 nitrogen and oxygen atoms in total. The van der Waals surface area contributed by atoms with E-state index in [0.717, 1.165) is 0 Å². The van der Waals surface area contributed by atoms with Crippen LogP contribution in [0.1, 0.15) is 5.56 Å². The third-order valence-electron chi connectivity index (χ3n) is 3.13. The van der Waals surface area contributed by atoms with Crippen LogP contribution < -0.4 is 0 Å². The lowest BCUT2D eigenvalue weighted by molar-refractivity contribution is 0.564.